The SMILES string of the molecule is COC(=O)c1cc(C(=O)O)nc2c(N)cnn12.Cc1cc(CN)ccc1C(=O)OC(C)(C)C. The molecule has 0 saturated carbocycles. The Morgan fingerprint density at radius 2 is 1.82 bits per heavy atom. The fourth-order valence-electron chi connectivity index (χ4n) is 2.75. The number of benzene rings is 1. The van der Waals surface area contributed by atoms with Crippen molar-refractivity contribution in [2.24, 2.45) is 5.73 Å². The molecule has 5 N–H and O–H groups in total. The van der Waals surface area contributed by atoms with E-state index in [0.29, 0.717) is 12.1 Å². The van der Waals surface area contributed by atoms with E-state index in [2.05, 4.69) is 14.8 Å². The lowest BCUT2D eigenvalue weighted by atomic mass is 10.0. The molecule has 33 heavy (non-hydrogen) atoms. The second-order valence-corrected chi connectivity index (χ2v) is 8.01. The predicted octanol–water partition coefficient (Wildman–Crippen LogP) is 2.21. The van der Waals surface area contributed by atoms with Gasteiger partial charge in [0.1, 0.15) is 5.60 Å². The van der Waals surface area contributed by atoms with Gasteiger partial charge in [-0.1, -0.05) is 12.1 Å². The van der Waals surface area contributed by atoms with E-state index < -0.39 is 17.5 Å². The Morgan fingerprint density at radius 1 is 1.15 bits per heavy atom. The van der Waals surface area contributed by atoms with Crippen molar-refractivity contribution in [3.63, 3.8) is 0 Å². The number of aromatic nitrogens is 3. The molecule has 0 amide bonds. The summed E-state index contributed by atoms with van der Waals surface area (Å²) in [5.74, 6) is -2.27. The van der Waals surface area contributed by atoms with Crippen molar-refractivity contribution in [1.29, 1.82) is 0 Å². The summed E-state index contributed by atoms with van der Waals surface area (Å²) in [5, 5.41) is 12.7. The second-order valence-electron chi connectivity index (χ2n) is 8.01. The molecular weight excluding hydrogens is 430 g/mol. The number of carboxylic acids is 1. The van der Waals surface area contributed by atoms with Crippen molar-refractivity contribution in [3.05, 3.63) is 58.5 Å². The van der Waals surface area contributed by atoms with Crippen LogP contribution in [0.1, 0.15) is 63.2 Å². The summed E-state index contributed by atoms with van der Waals surface area (Å²) in [6.07, 6.45) is 1.28. The first-order valence-corrected chi connectivity index (χ1v) is 9.86. The molecule has 0 atom stereocenters. The fourth-order valence-corrected chi connectivity index (χ4v) is 2.75. The smallest absolute Gasteiger partial charge is 0.356 e. The molecule has 1 aromatic carbocycles. The molecule has 11 heteroatoms. The van der Waals surface area contributed by atoms with E-state index in [1.165, 1.54) is 13.3 Å². The van der Waals surface area contributed by atoms with Crippen molar-refractivity contribution in [2.45, 2.75) is 39.8 Å². The molecule has 11 nitrogen and oxygen atoms in total. The number of anilines is 1. The number of esters is 2. The molecular formula is C22H27N5O6. The Balaban J connectivity index is 0.000000234. The number of nitrogen functional groups attached to an aromatic ring is 1. The lowest BCUT2D eigenvalue weighted by Crippen LogP contribution is -2.24. The van der Waals surface area contributed by atoms with Crippen LogP contribution in [0.4, 0.5) is 5.69 Å². The van der Waals surface area contributed by atoms with Gasteiger partial charge in [0.05, 0.1) is 24.6 Å². The van der Waals surface area contributed by atoms with Gasteiger partial charge in [-0.15, -0.1) is 0 Å². The summed E-state index contributed by atoms with van der Waals surface area (Å²) in [6.45, 7) is 7.94. The molecule has 3 rings (SSSR count). The number of hydrogen-bond acceptors (Lipinski definition) is 9. The largest absolute Gasteiger partial charge is 0.477 e. The average molecular weight is 457 g/mol. The topological polar surface area (TPSA) is 172 Å². The average Bonchev–Trinajstić information content (AvgIpc) is 3.12. The second kappa shape index (κ2) is 10.1. The molecule has 0 radical (unpaired) electrons. The van der Waals surface area contributed by atoms with Crippen molar-refractivity contribution in [1.82, 2.24) is 14.6 Å². The summed E-state index contributed by atoms with van der Waals surface area (Å²) in [5.41, 5.74) is 13.1. The highest BCUT2D eigenvalue weighted by molar-refractivity contribution is 5.94. The first kappa shape index (κ1) is 25.3. The van der Waals surface area contributed by atoms with Gasteiger partial charge in [0.15, 0.2) is 17.0 Å². The normalized spacial score (nSPS) is 10.8. The zero-order valence-corrected chi connectivity index (χ0v) is 19.1. The molecule has 176 valence electrons. The third kappa shape index (κ3) is 6.26. The van der Waals surface area contributed by atoms with Crippen LogP contribution in [0.5, 0.6) is 0 Å². The van der Waals surface area contributed by atoms with Crippen LogP contribution in [-0.2, 0) is 16.0 Å². The van der Waals surface area contributed by atoms with Crippen molar-refractivity contribution in [2.75, 3.05) is 12.8 Å². The van der Waals surface area contributed by atoms with Gasteiger partial charge >= 0.3 is 17.9 Å². The van der Waals surface area contributed by atoms with Gasteiger partial charge in [-0.3, -0.25) is 0 Å². The highest BCUT2D eigenvalue weighted by atomic mass is 16.6. The minimum atomic E-state index is -1.27. The minimum Gasteiger partial charge on any atom is -0.477 e. The minimum absolute atomic E-state index is 0.0494. The molecule has 3 aromatic rings. The summed E-state index contributed by atoms with van der Waals surface area (Å²) in [7, 11) is 1.18. The maximum absolute atomic E-state index is 11.8. The fraction of sp³-hybridized carbons (Fsp3) is 0.318. The van der Waals surface area contributed by atoms with Gasteiger partial charge in [-0.05, 0) is 44.9 Å². The lowest BCUT2D eigenvalue weighted by Gasteiger charge is -2.20. The number of ether oxygens (including phenoxy) is 2. The first-order chi connectivity index (χ1) is 15.4. The van der Waals surface area contributed by atoms with E-state index in [4.69, 9.17) is 21.3 Å². The van der Waals surface area contributed by atoms with Crippen molar-refractivity contribution >= 4 is 29.2 Å². The van der Waals surface area contributed by atoms with Gasteiger partial charge in [-0.2, -0.15) is 5.10 Å². The monoisotopic (exact) mass is 457 g/mol. The van der Waals surface area contributed by atoms with Crippen LogP contribution in [0.2, 0.25) is 0 Å². The molecule has 0 fully saturated rings. The van der Waals surface area contributed by atoms with E-state index >= 15 is 0 Å². The molecule has 0 aliphatic heterocycles. The zero-order valence-electron chi connectivity index (χ0n) is 19.1. The van der Waals surface area contributed by atoms with Crippen LogP contribution in [-0.4, -0.2) is 50.3 Å². The predicted molar refractivity (Wildman–Crippen MR) is 120 cm³/mol. The summed E-state index contributed by atoms with van der Waals surface area (Å²) < 4.78 is 11.0. The van der Waals surface area contributed by atoms with Crippen molar-refractivity contribution < 1.29 is 29.0 Å². The molecule has 0 bridgehead atoms. The number of aryl methyl sites for hydroxylation is 1. The first-order valence-electron chi connectivity index (χ1n) is 9.86. The molecule has 0 spiro atoms. The zero-order chi connectivity index (χ0) is 24.9. The summed E-state index contributed by atoms with van der Waals surface area (Å²) in [6, 6.07) is 6.62. The van der Waals surface area contributed by atoms with Crippen LogP contribution in [0.3, 0.4) is 0 Å². The van der Waals surface area contributed by atoms with Gasteiger partial charge < -0.3 is 26.0 Å². The van der Waals surface area contributed by atoms with E-state index in [0.717, 1.165) is 21.7 Å². The Bertz CT molecular complexity index is 1200. The molecule has 2 heterocycles. The maximum Gasteiger partial charge on any atom is 0.356 e. The van der Waals surface area contributed by atoms with E-state index in [1.54, 1.807) is 6.07 Å². The van der Waals surface area contributed by atoms with Gasteiger partial charge in [0, 0.05) is 12.6 Å². The number of carbonyl (C=O) groups excluding carboxylic acids is 2. The molecule has 0 aliphatic rings. The number of fused-ring (bicyclic) bond motifs is 1. The van der Waals surface area contributed by atoms with Crippen molar-refractivity contribution in [3.8, 4) is 0 Å². The molecule has 0 aliphatic carbocycles. The summed E-state index contributed by atoms with van der Waals surface area (Å²) in [4.78, 5) is 37.9. The van der Waals surface area contributed by atoms with Gasteiger partial charge in [-0.25, -0.2) is 23.9 Å². The van der Waals surface area contributed by atoms with Crippen LogP contribution >= 0.6 is 0 Å². The Morgan fingerprint density at radius 3 is 2.33 bits per heavy atom. The number of carboxylic acid groups (broad SMARTS) is 1. The number of aromatic carboxylic acids is 1. The lowest BCUT2D eigenvalue weighted by molar-refractivity contribution is 0.00683. The standard InChI is InChI=1S/C13H19NO2.C9H8N4O4/c1-9-7-10(8-14)5-6-11(9)12(15)16-13(2,3)4;1-17-9(16)6-2-5(8(14)15)12-7-4(10)3-11-13(6)7/h5-7H,8,14H2,1-4H3;2-3H,10H2,1H3,(H,14,15). The Kier molecular flexibility index (Phi) is 7.72. The Hall–Kier alpha value is -3.99. The van der Waals surface area contributed by atoms with Crippen LogP contribution in [0.15, 0.2) is 30.5 Å². The third-order valence-electron chi connectivity index (χ3n) is 4.26. The number of rotatable bonds is 4. The molecule has 2 aromatic heterocycles. The number of hydrogen-bond donors (Lipinski definition) is 3. The number of carbonyl (C=O) groups is 3. The number of nitrogens with zero attached hydrogens (tertiary/aromatic N) is 3. The van der Waals surface area contributed by atoms with E-state index in [-0.39, 0.29) is 28.7 Å². The number of methoxy groups -OCH3 is 1. The maximum atomic E-state index is 11.8. The number of nitrogens with two attached hydrogens (primary N) is 2. The van der Waals surface area contributed by atoms with Gasteiger partial charge in [0.2, 0.25) is 0 Å². The Labute approximate surface area is 190 Å². The third-order valence-corrected chi connectivity index (χ3v) is 4.26. The molecule has 0 unspecified atom stereocenters. The summed E-state index contributed by atoms with van der Waals surface area (Å²) >= 11 is 0. The van der Waals surface area contributed by atoms with Crippen LogP contribution in [0.25, 0.3) is 5.65 Å². The van der Waals surface area contributed by atoms with E-state index in [9.17, 15) is 14.4 Å². The van der Waals surface area contributed by atoms with Crippen LogP contribution in [0, 0.1) is 6.92 Å². The van der Waals surface area contributed by atoms with Gasteiger partial charge in [0.25, 0.3) is 0 Å². The van der Waals surface area contributed by atoms with Crippen LogP contribution < -0.4 is 11.5 Å². The molecule has 0 saturated heterocycles. The quantitative estimate of drug-likeness (QED) is 0.493. The highest BCUT2D eigenvalue weighted by Gasteiger charge is 2.20. The van der Waals surface area contributed by atoms with E-state index in [1.807, 2.05) is 39.8 Å². The highest BCUT2D eigenvalue weighted by Crippen LogP contribution is 2.17.